The summed E-state index contributed by atoms with van der Waals surface area (Å²) in [6, 6.07) is 5.64. The van der Waals surface area contributed by atoms with Gasteiger partial charge in [0.25, 0.3) is 0 Å². The van der Waals surface area contributed by atoms with Gasteiger partial charge in [-0.3, -0.25) is 9.69 Å². The van der Waals surface area contributed by atoms with Crippen molar-refractivity contribution in [1.29, 1.82) is 0 Å². The van der Waals surface area contributed by atoms with Gasteiger partial charge in [0.05, 0.1) is 18.8 Å². The van der Waals surface area contributed by atoms with E-state index < -0.39 is 11.7 Å². The molecule has 144 valence electrons. The van der Waals surface area contributed by atoms with E-state index in [9.17, 15) is 18.0 Å². The maximum atomic E-state index is 12.6. The van der Waals surface area contributed by atoms with Crippen LogP contribution in [0.4, 0.5) is 13.2 Å². The topological polar surface area (TPSA) is 32.8 Å². The Kier molecular flexibility index (Phi) is 5.87. The first-order valence-electron chi connectivity index (χ1n) is 9.12. The van der Waals surface area contributed by atoms with Crippen molar-refractivity contribution in [1.82, 2.24) is 9.80 Å². The van der Waals surface area contributed by atoms with E-state index in [1.165, 1.54) is 12.1 Å². The predicted octanol–water partition coefficient (Wildman–Crippen LogP) is 2.96. The summed E-state index contributed by atoms with van der Waals surface area (Å²) in [5, 5.41) is 0. The van der Waals surface area contributed by atoms with Crippen LogP contribution in [-0.4, -0.2) is 60.6 Å². The molecule has 2 saturated heterocycles. The van der Waals surface area contributed by atoms with Gasteiger partial charge in [0.15, 0.2) is 0 Å². The molecule has 0 N–H and O–H groups in total. The van der Waals surface area contributed by atoms with Crippen molar-refractivity contribution in [3.05, 3.63) is 35.4 Å². The number of likely N-dealkylation sites (tertiary alicyclic amines) is 1. The molecule has 2 heterocycles. The number of hydrogen-bond donors (Lipinski definition) is 0. The lowest BCUT2D eigenvalue weighted by Gasteiger charge is -2.32. The van der Waals surface area contributed by atoms with Gasteiger partial charge in [0, 0.05) is 38.1 Å². The number of alkyl halides is 3. The number of nitrogens with zero attached hydrogens (tertiary/aromatic N) is 2. The maximum Gasteiger partial charge on any atom is 0.416 e. The number of hydrogen-bond acceptors (Lipinski definition) is 3. The third-order valence-corrected chi connectivity index (χ3v) is 5.34. The largest absolute Gasteiger partial charge is 0.416 e. The van der Waals surface area contributed by atoms with Crippen LogP contribution < -0.4 is 0 Å². The van der Waals surface area contributed by atoms with Gasteiger partial charge in [0.1, 0.15) is 0 Å². The van der Waals surface area contributed by atoms with Crippen LogP contribution in [0.5, 0.6) is 0 Å². The van der Waals surface area contributed by atoms with E-state index in [1.54, 1.807) is 0 Å². The molecule has 26 heavy (non-hydrogen) atoms. The second kappa shape index (κ2) is 7.96. The minimum atomic E-state index is -4.33. The summed E-state index contributed by atoms with van der Waals surface area (Å²) in [6.07, 6.45) is -2.58. The predicted molar refractivity (Wildman–Crippen MR) is 91.7 cm³/mol. The summed E-state index contributed by atoms with van der Waals surface area (Å²) in [6.45, 7) is 6.10. The van der Waals surface area contributed by atoms with Gasteiger partial charge in [-0.15, -0.1) is 0 Å². The van der Waals surface area contributed by atoms with Crippen LogP contribution in [0.25, 0.3) is 0 Å². The minimum Gasteiger partial charge on any atom is -0.379 e. The zero-order valence-corrected chi connectivity index (χ0v) is 15.0. The van der Waals surface area contributed by atoms with Crippen LogP contribution in [0.15, 0.2) is 24.3 Å². The summed E-state index contributed by atoms with van der Waals surface area (Å²) in [5.41, 5.74) is 0.0945. The molecule has 2 unspecified atom stereocenters. The molecule has 0 aromatic heterocycles. The van der Waals surface area contributed by atoms with E-state index in [2.05, 4.69) is 11.8 Å². The third kappa shape index (κ3) is 4.57. The molecule has 4 nitrogen and oxygen atoms in total. The van der Waals surface area contributed by atoms with E-state index in [0.29, 0.717) is 18.9 Å². The van der Waals surface area contributed by atoms with Crippen LogP contribution >= 0.6 is 0 Å². The number of amides is 1. The first-order chi connectivity index (χ1) is 12.3. The minimum absolute atomic E-state index is 0.0770. The third-order valence-electron chi connectivity index (χ3n) is 5.34. The van der Waals surface area contributed by atoms with Gasteiger partial charge in [-0.1, -0.05) is 12.1 Å². The molecule has 0 radical (unpaired) electrons. The summed E-state index contributed by atoms with van der Waals surface area (Å²) in [7, 11) is 0. The highest BCUT2D eigenvalue weighted by Gasteiger charge is 2.35. The Bertz CT molecular complexity index is 612. The molecule has 0 saturated carbocycles. The van der Waals surface area contributed by atoms with E-state index >= 15 is 0 Å². The summed E-state index contributed by atoms with van der Waals surface area (Å²) in [5.74, 6) is 0.0770. The van der Waals surface area contributed by atoms with Gasteiger partial charge >= 0.3 is 6.18 Å². The second-order valence-electron chi connectivity index (χ2n) is 7.13. The van der Waals surface area contributed by atoms with Gasteiger partial charge < -0.3 is 9.64 Å². The highest BCUT2D eigenvalue weighted by molar-refractivity contribution is 5.77. The first-order valence-corrected chi connectivity index (χ1v) is 9.12. The first kappa shape index (κ1) is 19.2. The molecule has 3 rings (SSSR count). The lowest BCUT2D eigenvalue weighted by Crippen LogP contribution is -2.45. The molecule has 2 aliphatic heterocycles. The average Bonchev–Trinajstić information content (AvgIpc) is 3.02. The van der Waals surface area contributed by atoms with E-state index in [-0.39, 0.29) is 11.9 Å². The maximum absolute atomic E-state index is 12.6. The van der Waals surface area contributed by atoms with Crippen molar-refractivity contribution < 1.29 is 22.7 Å². The molecule has 0 bridgehead atoms. The lowest BCUT2D eigenvalue weighted by molar-refractivity contribution is -0.137. The fourth-order valence-corrected chi connectivity index (χ4v) is 3.81. The number of benzene rings is 1. The molecule has 2 fully saturated rings. The highest BCUT2D eigenvalue weighted by Crippen LogP contribution is 2.29. The number of ether oxygens (including phenoxy) is 1. The molecule has 0 spiro atoms. The smallest absolute Gasteiger partial charge is 0.379 e. The Morgan fingerprint density at radius 3 is 2.46 bits per heavy atom. The van der Waals surface area contributed by atoms with Crippen molar-refractivity contribution in [2.45, 2.75) is 44.4 Å². The van der Waals surface area contributed by atoms with Crippen molar-refractivity contribution in [3.63, 3.8) is 0 Å². The number of rotatable bonds is 4. The van der Waals surface area contributed by atoms with Crippen LogP contribution in [-0.2, 0) is 22.1 Å². The Labute approximate surface area is 151 Å². The number of carbonyl (C=O) groups excluding carboxylic acids is 1. The molecule has 0 aliphatic carbocycles. The SMILES string of the molecule is CC1CC(N2CCOCC2)CN1C(=O)CCc1ccc(C(F)(F)F)cc1. The standard InChI is InChI=1S/C19H25F3N2O2/c1-14-12-17(23-8-10-26-11-9-23)13-24(14)18(25)7-4-15-2-5-16(6-3-15)19(20,21)22/h2-3,5-6,14,17H,4,7-13H2,1H3. The molecule has 1 aromatic carbocycles. The quantitative estimate of drug-likeness (QED) is 0.817. The Morgan fingerprint density at radius 2 is 1.85 bits per heavy atom. The van der Waals surface area contributed by atoms with Gasteiger partial charge in [-0.25, -0.2) is 0 Å². The Hall–Kier alpha value is -1.60. The molecular formula is C19H25F3N2O2. The van der Waals surface area contributed by atoms with E-state index in [1.807, 2.05) is 4.90 Å². The number of morpholine rings is 1. The Balaban J connectivity index is 1.51. The van der Waals surface area contributed by atoms with E-state index in [4.69, 9.17) is 4.74 Å². The van der Waals surface area contributed by atoms with Crippen LogP contribution in [0, 0.1) is 0 Å². The number of aryl methyl sites for hydroxylation is 1. The van der Waals surface area contributed by atoms with Crippen molar-refractivity contribution in [2.24, 2.45) is 0 Å². The molecule has 7 heteroatoms. The average molecular weight is 370 g/mol. The molecule has 1 aromatic rings. The van der Waals surface area contributed by atoms with Crippen molar-refractivity contribution in [2.75, 3.05) is 32.8 Å². The summed E-state index contributed by atoms with van der Waals surface area (Å²) in [4.78, 5) is 16.9. The zero-order chi connectivity index (χ0) is 18.7. The number of halogens is 3. The van der Waals surface area contributed by atoms with Gasteiger partial charge in [-0.05, 0) is 37.5 Å². The van der Waals surface area contributed by atoms with Gasteiger partial charge in [-0.2, -0.15) is 13.2 Å². The van der Waals surface area contributed by atoms with E-state index in [0.717, 1.165) is 57.0 Å². The monoisotopic (exact) mass is 370 g/mol. The van der Waals surface area contributed by atoms with Crippen LogP contribution in [0.3, 0.4) is 0 Å². The fourth-order valence-electron chi connectivity index (χ4n) is 3.81. The van der Waals surface area contributed by atoms with Crippen LogP contribution in [0.2, 0.25) is 0 Å². The van der Waals surface area contributed by atoms with Crippen LogP contribution in [0.1, 0.15) is 30.9 Å². The number of carbonyl (C=O) groups is 1. The van der Waals surface area contributed by atoms with Crippen molar-refractivity contribution in [3.8, 4) is 0 Å². The van der Waals surface area contributed by atoms with Gasteiger partial charge in [0.2, 0.25) is 5.91 Å². The fraction of sp³-hybridized carbons (Fsp3) is 0.632. The normalized spacial score (nSPS) is 24.8. The summed E-state index contributed by atoms with van der Waals surface area (Å²) >= 11 is 0. The summed E-state index contributed by atoms with van der Waals surface area (Å²) < 4.78 is 43.2. The molecular weight excluding hydrogens is 345 g/mol. The second-order valence-corrected chi connectivity index (χ2v) is 7.13. The molecule has 2 atom stereocenters. The molecule has 1 amide bonds. The zero-order valence-electron chi connectivity index (χ0n) is 15.0. The Morgan fingerprint density at radius 1 is 1.19 bits per heavy atom. The molecule has 2 aliphatic rings. The lowest BCUT2D eigenvalue weighted by atomic mass is 10.1. The van der Waals surface area contributed by atoms with Crippen molar-refractivity contribution >= 4 is 5.91 Å². The highest BCUT2D eigenvalue weighted by atomic mass is 19.4.